The molecule has 13 nitrogen and oxygen atoms in total. The summed E-state index contributed by atoms with van der Waals surface area (Å²) in [5.41, 5.74) is 0.274. The van der Waals surface area contributed by atoms with Gasteiger partial charge in [-0.05, 0) is 43.2 Å². The van der Waals surface area contributed by atoms with Gasteiger partial charge in [-0.1, -0.05) is 18.2 Å². The zero-order valence-corrected chi connectivity index (χ0v) is 24.2. The number of likely N-dealkylation sites (tertiary alicyclic amines) is 1. The summed E-state index contributed by atoms with van der Waals surface area (Å²) >= 11 is 0. The molecule has 0 bridgehead atoms. The number of aromatic nitrogens is 2. The summed E-state index contributed by atoms with van der Waals surface area (Å²) in [6.45, 7) is 3.69. The molecule has 14 heteroatoms. The molecule has 1 aliphatic heterocycles. The topological polar surface area (TPSA) is 202 Å². The van der Waals surface area contributed by atoms with Gasteiger partial charge in [-0.15, -0.1) is 0 Å². The van der Waals surface area contributed by atoms with Crippen LogP contribution in [0.4, 0.5) is 4.39 Å². The fourth-order valence-corrected chi connectivity index (χ4v) is 5.13. The predicted octanol–water partition coefficient (Wildman–Crippen LogP) is 2.60. The minimum atomic E-state index is -2.74. The van der Waals surface area contributed by atoms with E-state index in [1.54, 1.807) is 19.2 Å². The maximum Gasteiger partial charge on any atom is 0.336 e. The summed E-state index contributed by atoms with van der Waals surface area (Å²) in [6, 6.07) is 14.6. The number of H-pyrrole nitrogens is 1. The molecule has 1 fully saturated rings. The van der Waals surface area contributed by atoms with Crippen LogP contribution >= 0.6 is 0 Å². The van der Waals surface area contributed by atoms with E-state index in [-0.39, 0.29) is 11.7 Å². The van der Waals surface area contributed by atoms with Crippen molar-refractivity contribution in [3.05, 3.63) is 71.7 Å². The summed E-state index contributed by atoms with van der Waals surface area (Å²) in [4.78, 5) is 44.7. The molecule has 2 aromatic carbocycles. The van der Waals surface area contributed by atoms with Gasteiger partial charge in [-0.3, -0.25) is 24.4 Å². The minimum Gasteiger partial charge on any atom is -0.497 e. The van der Waals surface area contributed by atoms with E-state index in [1.807, 2.05) is 36.5 Å². The maximum absolute atomic E-state index is 14.6. The van der Waals surface area contributed by atoms with Gasteiger partial charge in [0.1, 0.15) is 11.6 Å². The lowest BCUT2D eigenvalue weighted by atomic mass is 9.80. The summed E-state index contributed by atoms with van der Waals surface area (Å²) in [5, 5.41) is 44.2. The van der Waals surface area contributed by atoms with Crippen molar-refractivity contribution in [3.8, 4) is 17.0 Å². The quantitative estimate of drug-likeness (QED) is 0.185. The van der Waals surface area contributed by atoms with E-state index in [0.717, 1.165) is 42.2 Å². The van der Waals surface area contributed by atoms with Crippen LogP contribution in [0.3, 0.4) is 0 Å². The molecular formula is C30H35FN4O9. The Hall–Kier alpha value is -4.82. The Labute approximate surface area is 252 Å². The number of ether oxygens (including phenoxy) is 1. The van der Waals surface area contributed by atoms with Gasteiger partial charge in [0, 0.05) is 43.2 Å². The van der Waals surface area contributed by atoms with Crippen molar-refractivity contribution in [2.45, 2.75) is 50.3 Å². The molecule has 0 aliphatic carbocycles. The standard InChI is InChI=1S/C24H27FN4O2.C6H8O7/c1-17(30)27-24(21-5-3-4-6-22(21)25)11-13-29(14-12-24)16-19-15-26-28-23(19)18-7-9-20(31-2)10-8-18;7-3(8)1-6(13,5(11)12)2-4(9)10/h3-10,15H,11-14,16H2,1-2H3,(H,26,28)(H,27,30);13H,1-2H2,(H,7,8)(H,9,10)(H,11,12). The zero-order valence-electron chi connectivity index (χ0n) is 24.2. The average Bonchev–Trinajstić information content (AvgIpc) is 3.41. The highest BCUT2D eigenvalue weighted by Crippen LogP contribution is 2.35. The van der Waals surface area contributed by atoms with Crippen LogP contribution < -0.4 is 10.1 Å². The zero-order chi connectivity index (χ0) is 32.5. The van der Waals surface area contributed by atoms with Gasteiger partial charge in [0.15, 0.2) is 5.60 Å². The number of benzene rings is 2. The Morgan fingerprint density at radius 3 is 2.11 bits per heavy atom. The summed E-state index contributed by atoms with van der Waals surface area (Å²) in [5.74, 6) is -4.63. The van der Waals surface area contributed by atoms with Crippen LogP contribution in [0.15, 0.2) is 54.7 Å². The van der Waals surface area contributed by atoms with E-state index in [1.165, 1.54) is 13.0 Å². The molecule has 4 rings (SSSR count). The highest BCUT2D eigenvalue weighted by Gasteiger charge is 2.41. The molecule has 44 heavy (non-hydrogen) atoms. The Morgan fingerprint density at radius 2 is 1.61 bits per heavy atom. The first-order valence-corrected chi connectivity index (χ1v) is 13.6. The van der Waals surface area contributed by atoms with Crippen molar-refractivity contribution >= 4 is 23.8 Å². The Bertz CT molecular complexity index is 1450. The number of hydrogen-bond donors (Lipinski definition) is 6. The molecule has 6 N–H and O–H groups in total. The number of aliphatic hydroxyl groups is 1. The van der Waals surface area contributed by atoms with Gasteiger partial charge in [0.2, 0.25) is 5.91 Å². The number of carbonyl (C=O) groups excluding carboxylic acids is 1. The van der Waals surface area contributed by atoms with Gasteiger partial charge in [0.05, 0.1) is 37.4 Å². The lowest BCUT2D eigenvalue weighted by Crippen LogP contribution is -2.52. The molecule has 3 aromatic rings. The molecule has 1 amide bonds. The van der Waals surface area contributed by atoms with Crippen LogP contribution in [0, 0.1) is 5.82 Å². The van der Waals surface area contributed by atoms with Gasteiger partial charge < -0.3 is 30.5 Å². The Morgan fingerprint density at radius 1 is 1.02 bits per heavy atom. The predicted molar refractivity (Wildman–Crippen MR) is 154 cm³/mol. The van der Waals surface area contributed by atoms with Crippen LogP contribution in [0.2, 0.25) is 0 Å². The molecule has 1 aromatic heterocycles. The monoisotopic (exact) mass is 614 g/mol. The van der Waals surface area contributed by atoms with Crippen LogP contribution in [-0.4, -0.2) is 85.1 Å². The molecule has 236 valence electrons. The highest BCUT2D eigenvalue weighted by atomic mass is 19.1. The fraction of sp³-hybridized carbons (Fsp3) is 0.367. The second-order valence-corrected chi connectivity index (χ2v) is 10.5. The first-order chi connectivity index (χ1) is 20.8. The number of carbonyl (C=O) groups is 4. The number of carboxylic acid groups (broad SMARTS) is 3. The number of carboxylic acids is 3. The Balaban J connectivity index is 0.000000345. The normalized spacial score (nSPS) is 14.5. The summed E-state index contributed by atoms with van der Waals surface area (Å²) in [6.07, 6.45) is 0.849. The second kappa shape index (κ2) is 14.6. The van der Waals surface area contributed by atoms with E-state index in [2.05, 4.69) is 20.4 Å². The third-order valence-electron chi connectivity index (χ3n) is 7.29. The molecule has 0 saturated carbocycles. The average molecular weight is 615 g/mol. The van der Waals surface area contributed by atoms with Crippen molar-refractivity contribution in [2.24, 2.45) is 0 Å². The van der Waals surface area contributed by atoms with E-state index in [4.69, 9.17) is 25.2 Å². The highest BCUT2D eigenvalue weighted by molar-refractivity contribution is 5.88. The number of piperidine rings is 1. The molecule has 0 spiro atoms. The Kier molecular flexibility index (Phi) is 11.2. The number of nitrogens with one attached hydrogen (secondary N) is 2. The van der Waals surface area contributed by atoms with E-state index >= 15 is 0 Å². The summed E-state index contributed by atoms with van der Waals surface area (Å²) < 4.78 is 19.8. The van der Waals surface area contributed by atoms with E-state index < -0.39 is 41.9 Å². The number of rotatable bonds is 11. The van der Waals surface area contributed by atoms with Crippen molar-refractivity contribution in [1.82, 2.24) is 20.4 Å². The van der Waals surface area contributed by atoms with Crippen molar-refractivity contribution < 1.29 is 48.7 Å². The molecular weight excluding hydrogens is 579 g/mol. The lowest BCUT2D eigenvalue weighted by Gasteiger charge is -2.42. The van der Waals surface area contributed by atoms with Crippen molar-refractivity contribution in [1.29, 1.82) is 0 Å². The molecule has 0 unspecified atom stereocenters. The first kappa shape index (κ1) is 33.7. The van der Waals surface area contributed by atoms with Crippen LogP contribution in [0.1, 0.15) is 43.7 Å². The van der Waals surface area contributed by atoms with Gasteiger partial charge in [-0.25, -0.2) is 9.18 Å². The van der Waals surface area contributed by atoms with Crippen LogP contribution in [0.5, 0.6) is 5.75 Å². The number of methoxy groups -OCH3 is 1. The van der Waals surface area contributed by atoms with Gasteiger partial charge in [0.25, 0.3) is 0 Å². The molecule has 1 aliphatic rings. The number of amides is 1. The number of aromatic amines is 1. The van der Waals surface area contributed by atoms with Gasteiger partial charge in [-0.2, -0.15) is 5.10 Å². The SMILES string of the molecule is COc1ccc(-c2[nH]ncc2CN2CCC(NC(C)=O)(c3ccccc3F)CC2)cc1.O=C(O)CC(O)(CC(=O)O)C(=O)O. The van der Waals surface area contributed by atoms with Gasteiger partial charge >= 0.3 is 17.9 Å². The number of nitrogens with zero attached hydrogens (tertiary/aromatic N) is 2. The smallest absolute Gasteiger partial charge is 0.336 e. The largest absolute Gasteiger partial charge is 0.497 e. The van der Waals surface area contributed by atoms with E-state index in [9.17, 15) is 23.6 Å². The summed E-state index contributed by atoms with van der Waals surface area (Å²) in [7, 11) is 1.65. The van der Waals surface area contributed by atoms with Crippen LogP contribution in [0.25, 0.3) is 11.3 Å². The number of halogens is 1. The van der Waals surface area contributed by atoms with Crippen molar-refractivity contribution in [2.75, 3.05) is 20.2 Å². The van der Waals surface area contributed by atoms with E-state index in [0.29, 0.717) is 18.4 Å². The molecule has 0 atom stereocenters. The second-order valence-electron chi connectivity index (χ2n) is 10.5. The lowest BCUT2D eigenvalue weighted by molar-refractivity contribution is -0.170. The first-order valence-electron chi connectivity index (χ1n) is 13.6. The minimum absolute atomic E-state index is 0.145. The fourth-order valence-electron chi connectivity index (χ4n) is 5.13. The van der Waals surface area contributed by atoms with Crippen LogP contribution in [-0.2, 0) is 31.3 Å². The molecule has 2 heterocycles. The maximum atomic E-state index is 14.6. The third-order valence-corrected chi connectivity index (χ3v) is 7.29. The molecule has 1 saturated heterocycles. The number of aliphatic carboxylic acids is 3. The number of hydrogen-bond acceptors (Lipinski definition) is 8. The van der Waals surface area contributed by atoms with Crippen molar-refractivity contribution in [3.63, 3.8) is 0 Å². The third kappa shape index (κ3) is 8.61. The molecule has 0 radical (unpaired) electrons.